The molecule has 0 amide bonds. The number of fused-ring (bicyclic) bond motifs is 2. The highest BCUT2D eigenvalue weighted by molar-refractivity contribution is 5.46. The van der Waals surface area contributed by atoms with Gasteiger partial charge < -0.3 is 0 Å². The molecule has 1 saturated heterocycles. The van der Waals surface area contributed by atoms with Gasteiger partial charge in [0.05, 0.1) is 11.7 Å². The molecule has 14 heavy (non-hydrogen) atoms. The molecule has 2 bridgehead atoms. The highest BCUT2D eigenvalue weighted by Crippen LogP contribution is 2.31. The van der Waals surface area contributed by atoms with Crippen LogP contribution in [0.15, 0.2) is 42.5 Å². The minimum Gasteiger partial charge on any atom is -0.265 e. The van der Waals surface area contributed by atoms with Crippen LogP contribution < -0.4 is 5.06 Å². The van der Waals surface area contributed by atoms with E-state index in [4.69, 9.17) is 4.84 Å². The molecule has 2 nitrogen and oxygen atoms in total. The van der Waals surface area contributed by atoms with Crippen LogP contribution in [0.25, 0.3) is 0 Å². The van der Waals surface area contributed by atoms with Gasteiger partial charge in [0, 0.05) is 0 Å². The van der Waals surface area contributed by atoms with Gasteiger partial charge in [-0.3, -0.25) is 4.84 Å². The summed E-state index contributed by atoms with van der Waals surface area (Å²) < 4.78 is 0. The number of nitrogens with zero attached hydrogens (tertiary/aromatic N) is 1. The maximum absolute atomic E-state index is 5.82. The first-order chi connectivity index (χ1) is 6.93. The Morgan fingerprint density at radius 2 is 1.93 bits per heavy atom. The number of hydrogen-bond donors (Lipinski definition) is 0. The first-order valence-electron chi connectivity index (χ1n) is 5.13. The van der Waals surface area contributed by atoms with Crippen LogP contribution in [0.4, 0.5) is 5.69 Å². The molecule has 1 aromatic rings. The van der Waals surface area contributed by atoms with E-state index >= 15 is 0 Å². The summed E-state index contributed by atoms with van der Waals surface area (Å²) in [6.45, 7) is 0. The van der Waals surface area contributed by atoms with E-state index in [9.17, 15) is 0 Å². The van der Waals surface area contributed by atoms with E-state index in [2.05, 4.69) is 24.3 Å². The molecule has 1 aliphatic carbocycles. The van der Waals surface area contributed by atoms with E-state index in [1.807, 2.05) is 23.3 Å². The van der Waals surface area contributed by atoms with Crippen molar-refractivity contribution >= 4 is 5.69 Å². The number of hydrogen-bond acceptors (Lipinski definition) is 2. The van der Waals surface area contributed by atoms with Crippen LogP contribution in [0.2, 0.25) is 0 Å². The molecule has 1 fully saturated rings. The average molecular weight is 187 g/mol. The topological polar surface area (TPSA) is 12.5 Å². The Kier molecular flexibility index (Phi) is 1.81. The minimum atomic E-state index is 0.292. The smallest absolute Gasteiger partial charge is 0.104 e. The molecular weight excluding hydrogens is 174 g/mol. The number of anilines is 1. The van der Waals surface area contributed by atoms with Gasteiger partial charge in [-0.15, -0.1) is 0 Å². The molecule has 2 aliphatic heterocycles. The Balaban J connectivity index is 1.91. The molecule has 2 heterocycles. The standard InChI is InChI=1S/C12H13NO/c1-2-4-10(5-3-1)13-11-6-8-12(14-13)9-7-11/h1-6,8,11-12H,7,9H2/t11-,12-/m1/s1. The van der Waals surface area contributed by atoms with Crippen molar-refractivity contribution in [3.8, 4) is 0 Å². The number of benzene rings is 1. The third kappa shape index (κ3) is 1.23. The van der Waals surface area contributed by atoms with E-state index in [-0.39, 0.29) is 0 Å². The highest BCUT2D eigenvalue weighted by atomic mass is 16.7. The van der Waals surface area contributed by atoms with Gasteiger partial charge in [0.2, 0.25) is 0 Å². The maximum Gasteiger partial charge on any atom is 0.104 e. The van der Waals surface area contributed by atoms with E-state index in [1.54, 1.807) is 0 Å². The summed E-state index contributed by atoms with van der Waals surface area (Å²) in [5.74, 6) is 0. The largest absolute Gasteiger partial charge is 0.265 e. The van der Waals surface area contributed by atoms with Gasteiger partial charge in [0.15, 0.2) is 0 Å². The summed E-state index contributed by atoms with van der Waals surface area (Å²) in [5, 5.41) is 2.04. The predicted molar refractivity (Wildman–Crippen MR) is 56.0 cm³/mol. The summed E-state index contributed by atoms with van der Waals surface area (Å²) in [7, 11) is 0. The van der Waals surface area contributed by atoms with E-state index in [0.717, 1.165) is 12.1 Å². The SMILES string of the molecule is C1=C[C@@H]2CC[C@@H]1ON2c1ccccc1. The molecule has 0 aromatic heterocycles. The summed E-state index contributed by atoms with van der Waals surface area (Å²) in [6.07, 6.45) is 7.08. The Morgan fingerprint density at radius 3 is 2.50 bits per heavy atom. The van der Waals surface area contributed by atoms with Gasteiger partial charge in [-0.25, -0.2) is 5.06 Å². The molecule has 2 atom stereocenters. The number of hydroxylamine groups is 1. The molecule has 1 aromatic carbocycles. The lowest BCUT2D eigenvalue weighted by Gasteiger charge is -2.41. The van der Waals surface area contributed by atoms with Gasteiger partial charge in [-0.05, 0) is 25.0 Å². The Labute approximate surface area is 83.7 Å². The van der Waals surface area contributed by atoms with Crippen molar-refractivity contribution in [2.75, 3.05) is 5.06 Å². The molecular formula is C12H13NO. The first kappa shape index (κ1) is 8.06. The lowest BCUT2D eigenvalue weighted by molar-refractivity contribution is 0.00353. The van der Waals surface area contributed by atoms with Crippen LogP contribution in [0.1, 0.15) is 12.8 Å². The highest BCUT2D eigenvalue weighted by Gasteiger charge is 2.30. The molecule has 0 N–H and O–H groups in total. The Bertz CT molecular complexity index is 347. The van der Waals surface area contributed by atoms with Crippen LogP contribution in [0.5, 0.6) is 0 Å². The van der Waals surface area contributed by atoms with Crippen molar-refractivity contribution in [1.29, 1.82) is 0 Å². The fraction of sp³-hybridized carbons (Fsp3) is 0.333. The summed E-state index contributed by atoms with van der Waals surface area (Å²) in [4.78, 5) is 5.82. The van der Waals surface area contributed by atoms with Gasteiger partial charge >= 0.3 is 0 Å². The van der Waals surface area contributed by atoms with Crippen LogP contribution in [-0.4, -0.2) is 12.1 Å². The van der Waals surface area contributed by atoms with Crippen LogP contribution in [-0.2, 0) is 4.84 Å². The molecule has 72 valence electrons. The summed E-state index contributed by atoms with van der Waals surface area (Å²) in [6, 6.07) is 10.7. The first-order valence-corrected chi connectivity index (χ1v) is 5.13. The zero-order chi connectivity index (χ0) is 9.38. The van der Waals surface area contributed by atoms with Crippen LogP contribution in [0.3, 0.4) is 0 Å². The third-order valence-corrected chi connectivity index (χ3v) is 2.86. The van der Waals surface area contributed by atoms with Crippen molar-refractivity contribution in [3.63, 3.8) is 0 Å². The second kappa shape index (κ2) is 3.14. The molecule has 3 aliphatic rings. The quantitative estimate of drug-likeness (QED) is 0.626. The van der Waals surface area contributed by atoms with Crippen molar-refractivity contribution in [3.05, 3.63) is 42.5 Å². The van der Waals surface area contributed by atoms with Gasteiger partial charge in [-0.2, -0.15) is 0 Å². The van der Waals surface area contributed by atoms with Gasteiger partial charge in [-0.1, -0.05) is 30.4 Å². The normalized spacial score (nSPS) is 29.6. The van der Waals surface area contributed by atoms with Crippen molar-refractivity contribution in [2.24, 2.45) is 0 Å². The monoisotopic (exact) mass is 187 g/mol. The van der Waals surface area contributed by atoms with Gasteiger partial charge in [0.25, 0.3) is 0 Å². The summed E-state index contributed by atoms with van der Waals surface area (Å²) in [5.41, 5.74) is 1.16. The van der Waals surface area contributed by atoms with E-state index < -0.39 is 0 Å². The van der Waals surface area contributed by atoms with E-state index in [0.29, 0.717) is 12.1 Å². The van der Waals surface area contributed by atoms with Gasteiger partial charge in [0.1, 0.15) is 6.10 Å². The fourth-order valence-electron chi connectivity index (χ4n) is 2.11. The van der Waals surface area contributed by atoms with Crippen LogP contribution >= 0.6 is 0 Å². The second-order valence-corrected chi connectivity index (χ2v) is 3.83. The molecule has 0 radical (unpaired) electrons. The molecule has 0 spiro atoms. The maximum atomic E-state index is 5.82. The second-order valence-electron chi connectivity index (χ2n) is 3.83. The zero-order valence-corrected chi connectivity index (χ0v) is 7.97. The number of rotatable bonds is 1. The van der Waals surface area contributed by atoms with Crippen molar-refractivity contribution in [2.45, 2.75) is 25.0 Å². The molecule has 2 heteroatoms. The summed E-state index contributed by atoms with van der Waals surface area (Å²) >= 11 is 0. The molecule has 0 unspecified atom stereocenters. The lowest BCUT2D eigenvalue weighted by atomic mass is 9.98. The third-order valence-electron chi connectivity index (χ3n) is 2.86. The lowest BCUT2D eigenvalue weighted by Crippen LogP contribution is -2.45. The van der Waals surface area contributed by atoms with Crippen LogP contribution in [0, 0.1) is 0 Å². The number of para-hydroxylation sites is 1. The molecule has 4 rings (SSSR count). The molecule has 0 saturated carbocycles. The fourth-order valence-corrected chi connectivity index (χ4v) is 2.11. The average Bonchev–Trinajstić information content (AvgIpc) is 2.32. The van der Waals surface area contributed by atoms with E-state index in [1.165, 1.54) is 6.42 Å². The zero-order valence-electron chi connectivity index (χ0n) is 7.97. The minimum absolute atomic E-state index is 0.292. The van der Waals surface area contributed by atoms with Crippen molar-refractivity contribution < 1.29 is 4.84 Å². The van der Waals surface area contributed by atoms with Crippen molar-refractivity contribution in [1.82, 2.24) is 0 Å². The Hall–Kier alpha value is -1.28. The predicted octanol–water partition coefficient (Wildman–Crippen LogP) is 2.53. The Morgan fingerprint density at radius 1 is 1.07 bits per heavy atom.